The van der Waals surface area contributed by atoms with Gasteiger partial charge in [-0.25, -0.2) is 4.39 Å². The third kappa shape index (κ3) is 3.96. The van der Waals surface area contributed by atoms with Crippen molar-refractivity contribution in [3.05, 3.63) is 54.3 Å². The van der Waals surface area contributed by atoms with Crippen molar-refractivity contribution in [2.45, 2.75) is 4.90 Å². The molecule has 0 bridgehead atoms. The fourth-order valence-corrected chi connectivity index (χ4v) is 2.15. The van der Waals surface area contributed by atoms with E-state index < -0.39 is 0 Å². The Morgan fingerprint density at radius 3 is 2.61 bits per heavy atom. The quantitative estimate of drug-likeness (QED) is 0.659. The fourth-order valence-electron chi connectivity index (χ4n) is 1.42. The Balaban J connectivity index is 1.74. The van der Waals surface area contributed by atoms with Gasteiger partial charge in [-0.3, -0.25) is 0 Å². The number of ether oxygens (including phenoxy) is 1. The molecule has 4 heteroatoms. The Morgan fingerprint density at radius 2 is 1.89 bits per heavy atom. The summed E-state index contributed by atoms with van der Waals surface area (Å²) in [7, 11) is 0. The molecule has 0 heterocycles. The minimum atomic E-state index is -0.293. The molecule has 2 nitrogen and oxygen atoms in total. The van der Waals surface area contributed by atoms with E-state index in [4.69, 9.17) is 9.84 Å². The van der Waals surface area contributed by atoms with E-state index in [9.17, 15) is 4.39 Å². The second kappa shape index (κ2) is 6.31. The molecule has 0 saturated carbocycles. The molecular formula is C14H13FO2S. The van der Waals surface area contributed by atoms with Crippen molar-refractivity contribution in [1.29, 1.82) is 0 Å². The normalized spacial score (nSPS) is 10.3. The van der Waals surface area contributed by atoms with Crippen molar-refractivity contribution in [3.8, 4) is 11.5 Å². The number of phenolic OH excluding ortho intramolecular Hbond substituents is 1. The number of phenols is 1. The van der Waals surface area contributed by atoms with Gasteiger partial charge in [0.1, 0.15) is 17.3 Å². The molecule has 0 saturated heterocycles. The van der Waals surface area contributed by atoms with Gasteiger partial charge in [0, 0.05) is 16.7 Å². The maximum atomic E-state index is 12.9. The van der Waals surface area contributed by atoms with E-state index in [1.807, 2.05) is 12.1 Å². The Labute approximate surface area is 109 Å². The lowest BCUT2D eigenvalue weighted by Gasteiger charge is -2.06. The van der Waals surface area contributed by atoms with Crippen LogP contribution >= 0.6 is 11.8 Å². The average molecular weight is 264 g/mol. The predicted octanol–water partition coefficient (Wildman–Crippen LogP) is 3.70. The van der Waals surface area contributed by atoms with Gasteiger partial charge >= 0.3 is 0 Å². The molecule has 0 amide bonds. The van der Waals surface area contributed by atoms with Crippen molar-refractivity contribution in [3.63, 3.8) is 0 Å². The number of halogens is 1. The monoisotopic (exact) mass is 264 g/mol. The van der Waals surface area contributed by atoms with Crippen LogP contribution in [0.1, 0.15) is 0 Å². The molecule has 2 aromatic carbocycles. The minimum absolute atomic E-state index is 0.260. The first-order valence-corrected chi connectivity index (χ1v) is 6.53. The number of benzene rings is 2. The Kier molecular flexibility index (Phi) is 4.47. The SMILES string of the molecule is Oc1ccc(SCCOc2cccc(F)c2)cc1. The largest absolute Gasteiger partial charge is 0.508 e. The van der Waals surface area contributed by atoms with E-state index in [1.54, 1.807) is 36.0 Å². The van der Waals surface area contributed by atoms with Crippen molar-refractivity contribution in [1.82, 2.24) is 0 Å². The van der Waals surface area contributed by atoms with Gasteiger partial charge < -0.3 is 9.84 Å². The van der Waals surface area contributed by atoms with Crippen LogP contribution in [0, 0.1) is 5.82 Å². The lowest BCUT2D eigenvalue weighted by Crippen LogP contribution is -2.00. The highest BCUT2D eigenvalue weighted by molar-refractivity contribution is 7.99. The fraction of sp³-hybridized carbons (Fsp3) is 0.143. The number of thioether (sulfide) groups is 1. The van der Waals surface area contributed by atoms with Crippen molar-refractivity contribution < 1.29 is 14.2 Å². The highest BCUT2D eigenvalue weighted by atomic mass is 32.2. The highest BCUT2D eigenvalue weighted by Crippen LogP contribution is 2.21. The van der Waals surface area contributed by atoms with Gasteiger partial charge in [0.05, 0.1) is 6.61 Å². The molecule has 94 valence electrons. The number of hydrogen-bond acceptors (Lipinski definition) is 3. The van der Waals surface area contributed by atoms with E-state index in [0.29, 0.717) is 12.4 Å². The van der Waals surface area contributed by atoms with Crippen LogP contribution in [0.3, 0.4) is 0 Å². The maximum Gasteiger partial charge on any atom is 0.126 e. The van der Waals surface area contributed by atoms with Crippen LogP contribution in [0.25, 0.3) is 0 Å². The predicted molar refractivity (Wildman–Crippen MR) is 70.7 cm³/mol. The summed E-state index contributed by atoms with van der Waals surface area (Å²) >= 11 is 1.62. The molecule has 0 atom stereocenters. The van der Waals surface area contributed by atoms with Crippen LogP contribution in [0.15, 0.2) is 53.4 Å². The van der Waals surface area contributed by atoms with Crippen molar-refractivity contribution in [2.24, 2.45) is 0 Å². The Hall–Kier alpha value is -1.68. The smallest absolute Gasteiger partial charge is 0.126 e. The zero-order valence-electron chi connectivity index (χ0n) is 9.67. The minimum Gasteiger partial charge on any atom is -0.508 e. The Bertz CT molecular complexity index is 499. The third-order valence-electron chi connectivity index (χ3n) is 2.25. The average Bonchev–Trinajstić information content (AvgIpc) is 2.37. The van der Waals surface area contributed by atoms with Gasteiger partial charge in [-0.15, -0.1) is 11.8 Å². The maximum absolute atomic E-state index is 12.9. The molecule has 0 unspecified atom stereocenters. The summed E-state index contributed by atoms with van der Waals surface area (Å²) in [5.41, 5.74) is 0. The summed E-state index contributed by atoms with van der Waals surface area (Å²) < 4.78 is 18.3. The molecule has 18 heavy (non-hydrogen) atoms. The molecular weight excluding hydrogens is 251 g/mol. The summed E-state index contributed by atoms with van der Waals surface area (Å²) in [6.45, 7) is 0.509. The molecule has 0 aromatic heterocycles. The molecule has 2 rings (SSSR count). The first kappa shape index (κ1) is 12.8. The first-order valence-electron chi connectivity index (χ1n) is 5.54. The van der Waals surface area contributed by atoms with E-state index in [0.717, 1.165) is 10.6 Å². The van der Waals surface area contributed by atoms with E-state index in [-0.39, 0.29) is 11.6 Å². The lowest BCUT2D eigenvalue weighted by molar-refractivity contribution is 0.342. The topological polar surface area (TPSA) is 29.5 Å². The van der Waals surface area contributed by atoms with E-state index >= 15 is 0 Å². The number of aromatic hydroxyl groups is 1. The number of rotatable bonds is 5. The van der Waals surface area contributed by atoms with Gasteiger partial charge in [-0.1, -0.05) is 6.07 Å². The number of hydrogen-bond donors (Lipinski definition) is 1. The summed E-state index contributed by atoms with van der Waals surface area (Å²) in [4.78, 5) is 1.07. The third-order valence-corrected chi connectivity index (χ3v) is 3.23. The molecule has 0 fully saturated rings. The van der Waals surface area contributed by atoms with Gasteiger partial charge in [0.15, 0.2) is 0 Å². The van der Waals surface area contributed by atoms with E-state index in [1.165, 1.54) is 12.1 Å². The van der Waals surface area contributed by atoms with E-state index in [2.05, 4.69) is 0 Å². The van der Waals surface area contributed by atoms with Crippen molar-refractivity contribution in [2.75, 3.05) is 12.4 Å². The van der Waals surface area contributed by atoms with Gasteiger partial charge in [0.2, 0.25) is 0 Å². The summed E-state index contributed by atoms with van der Waals surface area (Å²) in [6.07, 6.45) is 0. The summed E-state index contributed by atoms with van der Waals surface area (Å²) in [5.74, 6) is 1.27. The van der Waals surface area contributed by atoms with Crippen molar-refractivity contribution >= 4 is 11.8 Å². The van der Waals surface area contributed by atoms with Gasteiger partial charge in [0.25, 0.3) is 0 Å². The molecule has 2 aromatic rings. The molecule has 1 N–H and O–H groups in total. The molecule has 0 aliphatic heterocycles. The molecule has 0 aliphatic rings. The van der Waals surface area contributed by atoms with Crippen LogP contribution in [-0.2, 0) is 0 Å². The summed E-state index contributed by atoms with van der Waals surface area (Å²) in [5, 5.41) is 9.13. The first-order chi connectivity index (χ1) is 8.74. The Morgan fingerprint density at radius 1 is 1.11 bits per heavy atom. The van der Waals surface area contributed by atoms with Crippen LogP contribution in [0.2, 0.25) is 0 Å². The molecule has 0 aliphatic carbocycles. The standard InChI is InChI=1S/C14H13FO2S/c15-11-2-1-3-13(10-11)17-8-9-18-14-6-4-12(16)5-7-14/h1-7,10,16H,8-9H2. The summed E-state index contributed by atoms with van der Waals surface area (Å²) in [6, 6.07) is 13.1. The van der Waals surface area contributed by atoms with Gasteiger partial charge in [-0.2, -0.15) is 0 Å². The zero-order chi connectivity index (χ0) is 12.8. The van der Waals surface area contributed by atoms with Crippen LogP contribution in [-0.4, -0.2) is 17.5 Å². The lowest BCUT2D eigenvalue weighted by atomic mass is 10.3. The highest BCUT2D eigenvalue weighted by Gasteiger charge is 1.97. The van der Waals surface area contributed by atoms with Crippen LogP contribution < -0.4 is 4.74 Å². The molecule has 0 radical (unpaired) electrons. The zero-order valence-corrected chi connectivity index (χ0v) is 10.5. The van der Waals surface area contributed by atoms with Crippen LogP contribution in [0.5, 0.6) is 11.5 Å². The van der Waals surface area contributed by atoms with Crippen LogP contribution in [0.4, 0.5) is 4.39 Å². The van der Waals surface area contributed by atoms with Gasteiger partial charge in [-0.05, 0) is 36.4 Å². The molecule has 0 spiro atoms. The second-order valence-electron chi connectivity index (χ2n) is 3.65. The second-order valence-corrected chi connectivity index (χ2v) is 4.82.